The highest BCUT2D eigenvalue weighted by atomic mass is 32.2. The normalized spacial score (nSPS) is 13.5. The van der Waals surface area contributed by atoms with Crippen molar-refractivity contribution >= 4 is 87.7 Å². The number of rotatable bonds is 29. The van der Waals surface area contributed by atoms with E-state index in [1.54, 1.807) is 73.1 Å². The van der Waals surface area contributed by atoms with Gasteiger partial charge in [-0.25, -0.2) is 0 Å². The summed E-state index contributed by atoms with van der Waals surface area (Å²) in [6.07, 6.45) is 4.52. The van der Waals surface area contributed by atoms with Crippen molar-refractivity contribution in [3.63, 3.8) is 0 Å². The average molecular weight is 1040 g/mol. The SMILES string of the molecule is CSCC[C@H](NC(=O)[C@H](Cc1c[nH]c2ccccc12)NC(=O)CNC(=O)[C@H](CCSC)NC(=O)[C@@H](Cc1ccc(-c2nn[nH]n2)cc1)NC(C)=O)C(=O)N[C@@H](CC(=O)O)C(=O)N[C@@H](Cc1ccccc1)C(N)=O. The van der Waals surface area contributed by atoms with Crippen LogP contribution in [0.2, 0.25) is 0 Å². The van der Waals surface area contributed by atoms with Gasteiger partial charge in [0.05, 0.1) is 13.0 Å². The number of carbonyl (C=O) groups excluding carboxylic acids is 8. The monoisotopic (exact) mass is 1040 g/mol. The van der Waals surface area contributed by atoms with Gasteiger partial charge >= 0.3 is 5.97 Å². The van der Waals surface area contributed by atoms with Gasteiger partial charge in [0.2, 0.25) is 53.1 Å². The molecule has 2 aromatic heterocycles. The van der Waals surface area contributed by atoms with Gasteiger partial charge in [-0.2, -0.15) is 28.7 Å². The minimum Gasteiger partial charge on any atom is -0.481 e. The second-order valence-corrected chi connectivity index (χ2v) is 18.8. The number of nitrogens with zero attached hydrogens (tertiary/aromatic N) is 3. The lowest BCUT2D eigenvalue weighted by Crippen LogP contribution is -2.59. The van der Waals surface area contributed by atoms with Gasteiger partial charge in [-0.1, -0.05) is 72.8 Å². The summed E-state index contributed by atoms with van der Waals surface area (Å²) in [6.45, 7) is 0.626. The zero-order chi connectivity index (χ0) is 52.9. The van der Waals surface area contributed by atoms with E-state index in [2.05, 4.69) is 62.8 Å². The molecule has 0 aliphatic rings. The first-order valence-electron chi connectivity index (χ1n) is 23.0. The van der Waals surface area contributed by atoms with E-state index in [1.165, 1.54) is 30.4 Å². The van der Waals surface area contributed by atoms with Crippen molar-refractivity contribution < 1.29 is 48.3 Å². The molecule has 388 valence electrons. The molecule has 0 bridgehead atoms. The zero-order valence-corrected chi connectivity index (χ0v) is 41.9. The summed E-state index contributed by atoms with van der Waals surface area (Å²) in [5, 5.41) is 42.4. The Labute approximate surface area is 428 Å². The molecule has 23 nitrogen and oxygen atoms in total. The summed E-state index contributed by atoms with van der Waals surface area (Å²) in [6, 6.07) is 15.0. The lowest BCUT2D eigenvalue weighted by Gasteiger charge is -2.26. The van der Waals surface area contributed by atoms with E-state index < -0.39 is 102 Å². The van der Waals surface area contributed by atoms with Crippen LogP contribution in [0.3, 0.4) is 0 Å². The Bertz CT molecular complexity index is 2690. The number of benzene rings is 3. The molecule has 0 aliphatic heterocycles. The topological polar surface area (TPSA) is 354 Å². The van der Waals surface area contributed by atoms with Crippen molar-refractivity contribution in [2.75, 3.05) is 30.6 Å². The molecule has 0 radical (unpaired) electrons. The van der Waals surface area contributed by atoms with E-state index in [0.29, 0.717) is 39.6 Å². The summed E-state index contributed by atoms with van der Waals surface area (Å²) >= 11 is 2.77. The van der Waals surface area contributed by atoms with E-state index in [9.17, 15) is 48.3 Å². The van der Waals surface area contributed by atoms with Crippen LogP contribution in [0.25, 0.3) is 22.3 Å². The molecule has 0 saturated heterocycles. The molecule has 0 unspecified atom stereocenters. The van der Waals surface area contributed by atoms with E-state index >= 15 is 0 Å². The van der Waals surface area contributed by atoms with Gasteiger partial charge < -0.3 is 53.0 Å². The summed E-state index contributed by atoms with van der Waals surface area (Å²) in [5.41, 5.74) is 8.97. The van der Waals surface area contributed by atoms with Gasteiger partial charge in [-0.15, -0.1) is 10.2 Å². The van der Waals surface area contributed by atoms with Gasteiger partial charge in [0.25, 0.3) is 0 Å². The fourth-order valence-electron chi connectivity index (χ4n) is 7.58. The van der Waals surface area contributed by atoms with Crippen LogP contribution in [-0.2, 0) is 62.4 Å². The van der Waals surface area contributed by atoms with Crippen molar-refractivity contribution in [3.05, 3.63) is 102 Å². The quantitative estimate of drug-likeness (QED) is 0.0298. The second-order valence-electron chi connectivity index (χ2n) is 16.8. The molecule has 5 rings (SSSR count). The molecule has 12 N–H and O–H groups in total. The van der Waals surface area contributed by atoms with Gasteiger partial charge in [0.1, 0.15) is 36.3 Å². The van der Waals surface area contributed by atoms with E-state index in [1.807, 2.05) is 24.5 Å². The van der Waals surface area contributed by atoms with Gasteiger partial charge in [0, 0.05) is 48.8 Å². The van der Waals surface area contributed by atoms with Crippen LogP contribution in [0.15, 0.2) is 85.1 Å². The van der Waals surface area contributed by atoms with Crippen molar-refractivity contribution in [1.82, 2.24) is 62.8 Å². The molecule has 73 heavy (non-hydrogen) atoms. The zero-order valence-electron chi connectivity index (χ0n) is 40.3. The number of thioether (sulfide) groups is 2. The van der Waals surface area contributed by atoms with Crippen LogP contribution in [0, 0.1) is 0 Å². The Morgan fingerprint density at radius 1 is 0.630 bits per heavy atom. The number of primary amides is 1. The molecule has 0 aliphatic carbocycles. The molecule has 2 heterocycles. The lowest BCUT2D eigenvalue weighted by molar-refractivity contribution is -0.141. The van der Waals surface area contributed by atoms with Crippen LogP contribution < -0.4 is 43.0 Å². The second kappa shape index (κ2) is 28.3. The highest BCUT2D eigenvalue weighted by Crippen LogP contribution is 2.20. The summed E-state index contributed by atoms with van der Waals surface area (Å²) in [5.74, 6) is -6.56. The fraction of sp³-hybridized carbons (Fsp3) is 0.375. The molecule has 5 aromatic rings. The third kappa shape index (κ3) is 17.8. The number of aliphatic carboxylic acids is 1. The number of carbonyl (C=O) groups is 9. The average Bonchev–Trinajstić information content (AvgIpc) is 4.06. The highest BCUT2D eigenvalue weighted by Gasteiger charge is 2.33. The number of nitrogens with one attached hydrogen (secondary N) is 9. The van der Waals surface area contributed by atoms with Gasteiger partial charge in [-0.05, 0) is 64.8 Å². The summed E-state index contributed by atoms with van der Waals surface area (Å²) in [7, 11) is 0. The maximum atomic E-state index is 14.3. The first-order valence-corrected chi connectivity index (χ1v) is 25.8. The number of fused-ring (bicyclic) bond motifs is 1. The number of carboxylic acid groups (broad SMARTS) is 1. The van der Waals surface area contributed by atoms with E-state index in [0.717, 1.165) is 10.9 Å². The number of carboxylic acids is 1. The van der Waals surface area contributed by atoms with Crippen molar-refractivity contribution in [2.24, 2.45) is 5.73 Å². The number of para-hydroxylation sites is 1. The standard InChI is InChI=1S/C48H59N13O10S2/c1-27(62)52-37(22-29-13-15-30(16-14-29)43-58-60-61-59-43)46(69)54-34(17-19-72-2)44(67)51-26-40(63)53-38(23-31-25-50-33-12-8-7-11-32(31)33)47(70)55-35(18-20-73-3)45(68)57-39(24-41(64)65)48(71)56-36(42(49)66)21-28-9-5-4-6-10-28/h4-16,25,34-39,50H,17-24,26H2,1-3H3,(H2,49,66)(H,51,67)(H,52,62)(H,53,63)(H,54,69)(H,55,70)(H,56,71)(H,57,68)(H,64,65)(H,58,59,60,61)/t34-,35-,36-,37+,38-,39-/m0/s1. The van der Waals surface area contributed by atoms with Crippen LogP contribution in [0.5, 0.6) is 0 Å². The highest BCUT2D eigenvalue weighted by molar-refractivity contribution is 7.98. The maximum absolute atomic E-state index is 14.3. The Balaban J connectivity index is 1.29. The van der Waals surface area contributed by atoms with Crippen molar-refractivity contribution in [1.29, 1.82) is 0 Å². The molecule has 3 aromatic carbocycles. The van der Waals surface area contributed by atoms with Gasteiger partial charge in [-0.3, -0.25) is 43.2 Å². The fourth-order valence-corrected chi connectivity index (χ4v) is 8.53. The Morgan fingerprint density at radius 2 is 1.18 bits per heavy atom. The molecule has 0 spiro atoms. The lowest BCUT2D eigenvalue weighted by atomic mass is 10.0. The van der Waals surface area contributed by atoms with Crippen LogP contribution in [0.4, 0.5) is 0 Å². The number of nitrogens with two attached hydrogens (primary N) is 1. The Kier molecular flexibility index (Phi) is 21.8. The van der Waals surface area contributed by atoms with Crippen molar-refractivity contribution in [3.8, 4) is 11.4 Å². The van der Waals surface area contributed by atoms with Gasteiger partial charge in [0.15, 0.2) is 0 Å². The molecule has 6 atom stereocenters. The molecule has 8 amide bonds. The number of tetrazole rings is 1. The number of amides is 8. The van der Waals surface area contributed by atoms with Crippen LogP contribution in [0.1, 0.15) is 42.9 Å². The molecule has 0 fully saturated rings. The maximum Gasteiger partial charge on any atom is 0.305 e. The molecule has 25 heteroatoms. The molecular weight excluding hydrogens is 983 g/mol. The van der Waals surface area contributed by atoms with Crippen LogP contribution in [-0.4, -0.2) is 151 Å². The number of hydrogen-bond acceptors (Lipinski definition) is 14. The first-order chi connectivity index (χ1) is 35.0. The largest absolute Gasteiger partial charge is 0.481 e. The molecular formula is C48H59N13O10S2. The molecule has 0 saturated carbocycles. The van der Waals surface area contributed by atoms with E-state index in [-0.39, 0.29) is 32.1 Å². The third-order valence-electron chi connectivity index (χ3n) is 11.3. The summed E-state index contributed by atoms with van der Waals surface area (Å²) in [4.78, 5) is 123. The number of H-pyrrole nitrogens is 2. The number of aromatic amines is 2. The number of aromatic nitrogens is 5. The van der Waals surface area contributed by atoms with E-state index in [4.69, 9.17) is 5.73 Å². The number of hydrogen-bond donors (Lipinski definition) is 11. The predicted octanol–water partition coefficient (Wildman–Crippen LogP) is -0.113. The minimum atomic E-state index is -1.69. The predicted molar refractivity (Wildman–Crippen MR) is 273 cm³/mol. The van der Waals surface area contributed by atoms with Crippen molar-refractivity contribution in [2.45, 2.75) is 81.7 Å². The third-order valence-corrected chi connectivity index (χ3v) is 12.6. The Morgan fingerprint density at radius 3 is 1.78 bits per heavy atom. The minimum absolute atomic E-state index is 0.00703. The smallest absolute Gasteiger partial charge is 0.305 e. The summed E-state index contributed by atoms with van der Waals surface area (Å²) < 4.78 is 0. The van der Waals surface area contributed by atoms with Crippen LogP contribution >= 0.6 is 23.5 Å². The first kappa shape index (κ1) is 56.1. The Hall–Kier alpha value is -7.80.